The van der Waals surface area contributed by atoms with Crippen molar-refractivity contribution in [1.82, 2.24) is 10.3 Å². The first-order valence-electron chi connectivity index (χ1n) is 7.51. The predicted octanol–water partition coefficient (Wildman–Crippen LogP) is 0.854. The van der Waals surface area contributed by atoms with Gasteiger partial charge in [-0.1, -0.05) is 0 Å². The van der Waals surface area contributed by atoms with Crippen molar-refractivity contribution >= 4 is 17.5 Å². The molecule has 122 valence electrons. The Balaban J connectivity index is 1.79. The molecule has 0 fully saturated rings. The van der Waals surface area contributed by atoms with E-state index in [1.165, 1.54) is 0 Å². The molecule has 1 aromatic carbocycles. The summed E-state index contributed by atoms with van der Waals surface area (Å²) in [6.07, 6.45) is 1.45. The van der Waals surface area contributed by atoms with E-state index in [4.69, 9.17) is 9.47 Å². The van der Waals surface area contributed by atoms with Gasteiger partial charge < -0.3 is 14.4 Å². The van der Waals surface area contributed by atoms with Gasteiger partial charge in [-0.25, -0.2) is 5.43 Å². The van der Waals surface area contributed by atoms with Gasteiger partial charge >= 0.3 is 0 Å². The molecule has 7 nitrogen and oxygen atoms in total. The van der Waals surface area contributed by atoms with Crippen LogP contribution in [0.4, 0.5) is 0 Å². The molecule has 0 spiro atoms. The molecule has 3 rings (SSSR count). The Labute approximate surface area is 134 Å². The first-order valence-corrected chi connectivity index (χ1v) is 7.51. The summed E-state index contributed by atoms with van der Waals surface area (Å²) in [5.74, 6) is 1.08. The topological polar surface area (TPSA) is 80.2 Å². The van der Waals surface area contributed by atoms with Crippen molar-refractivity contribution in [3.63, 3.8) is 0 Å². The van der Waals surface area contributed by atoms with Crippen molar-refractivity contribution in [2.24, 2.45) is 5.10 Å². The fourth-order valence-corrected chi connectivity index (χ4v) is 2.87. The molecule has 0 radical (unpaired) electrons. The lowest BCUT2D eigenvalue weighted by molar-refractivity contribution is -0.125. The minimum absolute atomic E-state index is 0.120. The Hall–Kier alpha value is -2.57. The summed E-state index contributed by atoms with van der Waals surface area (Å²) in [6.45, 7) is 1.12. The number of hydrogen-bond donors (Lipinski definition) is 1. The number of nitrogens with zero attached hydrogens (tertiary/aromatic N) is 2. The second kappa shape index (κ2) is 6.28. The minimum Gasteiger partial charge on any atom is -0.493 e. The quantitative estimate of drug-likeness (QED) is 0.896. The van der Waals surface area contributed by atoms with Gasteiger partial charge in [0.25, 0.3) is 5.91 Å². The van der Waals surface area contributed by atoms with Gasteiger partial charge in [0, 0.05) is 25.9 Å². The van der Waals surface area contributed by atoms with Crippen molar-refractivity contribution in [2.75, 3.05) is 20.8 Å². The van der Waals surface area contributed by atoms with Crippen LogP contribution in [0.5, 0.6) is 11.5 Å². The number of hydrogen-bond acceptors (Lipinski definition) is 5. The zero-order valence-corrected chi connectivity index (χ0v) is 13.2. The largest absolute Gasteiger partial charge is 0.493 e. The summed E-state index contributed by atoms with van der Waals surface area (Å²) in [4.78, 5) is 25.4. The number of benzene rings is 1. The van der Waals surface area contributed by atoms with Crippen molar-refractivity contribution < 1.29 is 19.1 Å². The maximum absolute atomic E-state index is 12.5. The number of nitrogens with one attached hydrogen (secondary N) is 1. The van der Waals surface area contributed by atoms with E-state index in [0.29, 0.717) is 43.1 Å². The fraction of sp³-hybridized carbons (Fsp3) is 0.438. The number of carbonyl (C=O) groups is 2. The monoisotopic (exact) mass is 317 g/mol. The van der Waals surface area contributed by atoms with Crippen LogP contribution in [-0.4, -0.2) is 43.2 Å². The average Bonchev–Trinajstić information content (AvgIpc) is 2.60. The van der Waals surface area contributed by atoms with Crippen LogP contribution >= 0.6 is 0 Å². The summed E-state index contributed by atoms with van der Waals surface area (Å²) < 4.78 is 10.6. The second-order valence-electron chi connectivity index (χ2n) is 5.55. The number of carbonyl (C=O) groups excluding carboxylic acids is 2. The zero-order chi connectivity index (χ0) is 16.4. The summed E-state index contributed by atoms with van der Waals surface area (Å²) >= 11 is 0. The Morgan fingerprint density at radius 3 is 2.43 bits per heavy atom. The smallest absolute Gasteiger partial charge is 0.270 e. The van der Waals surface area contributed by atoms with Gasteiger partial charge in [0.1, 0.15) is 5.71 Å². The van der Waals surface area contributed by atoms with Crippen LogP contribution < -0.4 is 14.9 Å². The van der Waals surface area contributed by atoms with E-state index in [1.807, 2.05) is 12.1 Å². The number of amides is 2. The van der Waals surface area contributed by atoms with E-state index in [2.05, 4.69) is 10.5 Å². The summed E-state index contributed by atoms with van der Waals surface area (Å²) in [5, 5.41) is 3.88. The standard InChI is InChI=1S/C16H19N3O4/c1-22-13-7-10-5-6-19(9-11(10)8-14(13)23-2)16(21)12-3-4-15(20)18-17-12/h7-8H,3-6,9H2,1-2H3,(H,18,20). The lowest BCUT2D eigenvalue weighted by atomic mass is 9.98. The van der Waals surface area contributed by atoms with Crippen molar-refractivity contribution in [1.29, 1.82) is 0 Å². The number of methoxy groups -OCH3 is 2. The highest BCUT2D eigenvalue weighted by Crippen LogP contribution is 2.33. The number of hydrazone groups is 1. The van der Waals surface area contributed by atoms with E-state index in [-0.39, 0.29) is 11.8 Å². The van der Waals surface area contributed by atoms with E-state index < -0.39 is 0 Å². The molecule has 0 saturated heterocycles. The van der Waals surface area contributed by atoms with Crippen LogP contribution in [0.15, 0.2) is 17.2 Å². The third-order valence-electron chi connectivity index (χ3n) is 4.16. The Morgan fingerprint density at radius 1 is 1.13 bits per heavy atom. The van der Waals surface area contributed by atoms with Gasteiger partial charge in [-0.05, 0) is 29.7 Å². The highest BCUT2D eigenvalue weighted by Gasteiger charge is 2.27. The van der Waals surface area contributed by atoms with Gasteiger partial charge in [0.05, 0.1) is 14.2 Å². The van der Waals surface area contributed by atoms with Crippen molar-refractivity contribution in [2.45, 2.75) is 25.8 Å². The van der Waals surface area contributed by atoms with Crippen LogP contribution in [0, 0.1) is 0 Å². The molecule has 7 heteroatoms. The molecule has 0 bridgehead atoms. The number of ether oxygens (including phenoxy) is 2. The van der Waals surface area contributed by atoms with E-state index >= 15 is 0 Å². The lowest BCUT2D eigenvalue weighted by Crippen LogP contribution is -2.42. The zero-order valence-electron chi connectivity index (χ0n) is 13.2. The molecular formula is C16H19N3O4. The van der Waals surface area contributed by atoms with Crippen molar-refractivity contribution in [3.8, 4) is 11.5 Å². The second-order valence-corrected chi connectivity index (χ2v) is 5.55. The van der Waals surface area contributed by atoms with Crippen LogP contribution in [0.25, 0.3) is 0 Å². The summed E-state index contributed by atoms with van der Waals surface area (Å²) in [6, 6.07) is 3.88. The van der Waals surface area contributed by atoms with Gasteiger partial charge in [0.2, 0.25) is 5.91 Å². The summed E-state index contributed by atoms with van der Waals surface area (Å²) in [5.41, 5.74) is 4.98. The van der Waals surface area contributed by atoms with Gasteiger partial charge in [0.15, 0.2) is 11.5 Å². The first kappa shape index (κ1) is 15.3. The van der Waals surface area contributed by atoms with Crippen LogP contribution in [-0.2, 0) is 22.6 Å². The van der Waals surface area contributed by atoms with E-state index in [1.54, 1.807) is 19.1 Å². The molecule has 0 aliphatic carbocycles. The Bertz CT molecular complexity index is 684. The van der Waals surface area contributed by atoms with E-state index in [0.717, 1.165) is 17.5 Å². The van der Waals surface area contributed by atoms with E-state index in [9.17, 15) is 9.59 Å². The van der Waals surface area contributed by atoms with Crippen LogP contribution in [0.1, 0.15) is 24.0 Å². The molecule has 0 aromatic heterocycles. The number of rotatable bonds is 3. The normalized spacial score (nSPS) is 17.0. The molecule has 2 aliphatic heterocycles. The molecular weight excluding hydrogens is 298 g/mol. The Morgan fingerprint density at radius 2 is 1.83 bits per heavy atom. The maximum Gasteiger partial charge on any atom is 0.270 e. The molecule has 2 heterocycles. The third-order valence-corrected chi connectivity index (χ3v) is 4.16. The molecule has 23 heavy (non-hydrogen) atoms. The molecule has 0 atom stereocenters. The fourth-order valence-electron chi connectivity index (χ4n) is 2.87. The first-order chi connectivity index (χ1) is 11.1. The van der Waals surface area contributed by atoms with Gasteiger partial charge in [-0.3, -0.25) is 9.59 Å². The molecule has 0 unspecified atom stereocenters. The Kier molecular flexibility index (Phi) is 4.18. The molecule has 1 aromatic rings. The predicted molar refractivity (Wildman–Crippen MR) is 83.5 cm³/mol. The molecule has 2 aliphatic rings. The lowest BCUT2D eigenvalue weighted by Gasteiger charge is -2.30. The maximum atomic E-state index is 12.5. The average molecular weight is 317 g/mol. The van der Waals surface area contributed by atoms with Gasteiger partial charge in [-0.15, -0.1) is 0 Å². The molecule has 2 amide bonds. The third kappa shape index (κ3) is 2.99. The van der Waals surface area contributed by atoms with Gasteiger partial charge in [-0.2, -0.15) is 5.10 Å². The summed E-state index contributed by atoms with van der Waals surface area (Å²) in [7, 11) is 3.20. The number of fused-ring (bicyclic) bond motifs is 1. The highest BCUT2D eigenvalue weighted by molar-refractivity contribution is 6.39. The van der Waals surface area contributed by atoms with Crippen LogP contribution in [0.3, 0.4) is 0 Å². The molecule has 1 N–H and O–H groups in total. The van der Waals surface area contributed by atoms with Crippen molar-refractivity contribution in [3.05, 3.63) is 23.3 Å². The highest BCUT2D eigenvalue weighted by atomic mass is 16.5. The molecule has 0 saturated carbocycles. The SMILES string of the molecule is COc1cc2c(cc1OC)CN(C(=O)C1=NNC(=O)CC1)CC2. The van der Waals surface area contributed by atoms with Crippen LogP contribution in [0.2, 0.25) is 0 Å². The minimum atomic E-state index is -0.151.